The smallest absolute Gasteiger partial charge is 0.0493 e. The van der Waals surface area contributed by atoms with E-state index in [1.807, 2.05) is 42.5 Å². The number of allylic oxidation sites excluding steroid dienone is 1. The lowest BCUT2D eigenvalue weighted by Gasteiger charge is -2.06. The van der Waals surface area contributed by atoms with Gasteiger partial charge < -0.3 is 0 Å². The lowest BCUT2D eigenvalue weighted by molar-refractivity contribution is 1.58. The van der Waals surface area contributed by atoms with Crippen molar-refractivity contribution in [3.8, 4) is 0 Å². The SMILES string of the molecule is Clc1ccc(C(=Cc2ccc(Cl)cc2Cl)CBr)cc1. The summed E-state index contributed by atoms with van der Waals surface area (Å²) in [6.45, 7) is 0. The summed E-state index contributed by atoms with van der Waals surface area (Å²) in [6.07, 6.45) is 2.04. The monoisotopic (exact) mass is 374 g/mol. The standard InChI is InChI=1S/C15H10BrCl3/c16-9-12(10-1-4-13(17)5-2-10)7-11-3-6-14(18)8-15(11)19/h1-8H,9H2. The van der Waals surface area contributed by atoms with E-state index in [4.69, 9.17) is 34.8 Å². The van der Waals surface area contributed by atoms with E-state index in [-0.39, 0.29) is 0 Å². The molecule has 0 aliphatic rings. The van der Waals surface area contributed by atoms with Crippen molar-refractivity contribution in [1.82, 2.24) is 0 Å². The van der Waals surface area contributed by atoms with Gasteiger partial charge in [-0.3, -0.25) is 0 Å². The maximum atomic E-state index is 6.18. The highest BCUT2D eigenvalue weighted by atomic mass is 79.9. The Hall–Kier alpha value is -0.470. The van der Waals surface area contributed by atoms with Gasteiger partial charge in [0.1, 0.15) is 0 Å². The fraction of sp³-hybridized carbons (Fsp3) is 0.0667. The normalized spacial score (nSPS) is 11.7. The third kappa shape index (κ3) is 4.00. The van der Waals surface area contributed by atoms with Crippen molar-refractivity contribution in [2.45, 2.75) is 0 Å². The van der Waals surface area contributed by atoms with Crippen LogP contribution >= 0.6 is 50.7 Å². The molecule has 2 aromatic carbocycles. The van der Waals surface area contributed by atoms with Crippen LogP contribution < -0.4 is 0 Å². The van der Waals surface area contributed by atoms with Crippen LogP contribution in [0.25, 0.3) is 11.6 Å². The number of benzene rings is 2. The Kier molecular flexibility index (Phi) is 5.35. The highest BCUT2D eigenvalue weighted by Gasteiger charge is 2.04. The van der Waals surface area contributed by atoms with Crippen LogP contribution in [0.1, 0.15) is 11.1 Å². The highest BCUT2D eigenvalue weighted by Crippen LogP contribution is 2.27. The van der Waals surface area contributed by atoms with Gasteiger partial charge in [-0.1, -0.05) is 68.9 Å². The topological polar surface area (TPSA) is 0 Å². The van der Waals surface area contributed by atoms with Crippen molar-refractivity contribution in [3.05, 3.63) is 68.7 Å². The van der Waals surface area contributed by atoms with Gasteiger partial charge in [-0.25, -0.2) is 0 Å². The first kappa shape index (κ1) is 14.9. The zero-order chi connectivity index (χ0) is 13.8. The van der Waals surface area contributed by atoms with Crippen molar-refractivity contribution in [3.63, 3.8) is 0 Å². The molecule has 2 rings (SSSR count). The second-order valence-electron chi connectivity index (χ2n) is 3.98. The predicted octanol–water partition coefficient (Wildman–Crippen LogP) is 6.58. The molecule has 0 fully saturated rings. The molecule has 2 aromatic rings. The molecule has 0 unspecified atom stereocenters. The molecule has 0 aromatic heterocycles. The van der Waals surface area contributed by atoms with Gasteiger partial charge in [-0.2, -0.15) is 0 Å². The number of halogens is 4. The van der Waals surface area contributed by atoms with Crippen LogP contribution in [-0.4, -0.2) is 5.33 Å². The molecule has 0 nitrogen and oxygen atoms in total. The highest BCUT2D eigenvalue weighted by molar-refractivity contribution is 9.09. The predicted molar refractivity (Wildman–Crippen MR) is 89.6 cm³/mol. The largest absolute Gasteiger partial charge is 0.0876 e. The van der Waals surface area contributed by atoms with E-state index in [0.29, 0.717) is 10.0 Å². The minimum atomic E-state index is 0.633. The van der Waals surface area contributed by atoms with Crippen molar-refractivity contribution >= 4 is 62.4 Å². The van der Waals surface area contributed by atoms with Crippen LogP contribution in [0.15, 0.2) is 42.5 Å². The van der Waals surface area contributed by atoms with Gasteiger partial charge in [0.05, 0.1) is 0 Å². The molecule has 0 heterocycles. The Morgan fingerprint density at radius 3 is 2.16 bits per heavy atom. The molecule has 0 aliphatic heterocycles. The summed E-state index contributed by atoms with van der Waals surface area (Å²) >= 11 is 21.5. The van der Waals surface area contributed by atoms with Crippen LogP contribution in [0.2, 0.25) is 15.1 Å². The number of hydrogen-bond donors (Lipinski definition) is 0. The molecule has 0 atom stereocenters. The second-order valence-corrected chi connectivity index (χ2v) is 5.82. The van der Waals surface area contributed by atoms with E-state index in [9.17, 15) is 0 Å². The van der Waals surface area contributed by atoms with Crippen LogP contribution in [0.5, 0.6) is 0 Å². The zero-order valence-corrected chi connectivity index (χ0v) is 13.7. The lowest BCUT2D eigenvalue weighted by Crippen LogP contribution is -1.86. The van der Waals surface area contributed by atoms with E-state index in [0.717, 1.165) is 27.1 Å². The van der Waals surface area contributed by atoms with Gasteiger partial charge in [0, 0.05) is 20.4 Å². The van der Waals surface area contributed by atoms with Crippen molar-refractivity contribution in [2.24, 2.45) is 0 Å². The van der Waals surface area contributed by atoms with Gasteiger partial charge in [0.25, 0.3) is 0 Å². The molecule has 0 amide bonds. The van der Waals surface area contributed by atoms with Gasteiger partial charge >= 0.3 is 0 Å². The summed E-state index contributed by atoms with van der Waals surface area (Å²) in [6, 6.07) is 13.2. The maximum absolute atomic E-state index is 6.18. The minimum absolute atomic E-state index is 0.633. The first-order chi connectivity index (χ1) is 9.10. The third-order valence-electron chi connectivity index (χ3n) is 2.65. The molecule has 0 saturated carbocycles. The minimum Gasteiger partial charge on any atom is -0.0876 e. The fourth-order valence-electron chi connectivity index (χ4n) is 1.67. The molecule has 19 heavy (non-hydrogen) atoms. The summed E-state index contributed by atoms with van der Waals surface area (Å²) in [5, 5.41) is 2.73. The van der Waals surface area contributed by atoms with E-state index in [2.05, 4.69) is 15.9 Å². The average molecular weight is 377 g/mol. The van der Waals surface area contributed by atoms with Crippen LogP contribution in [0.3, 0.4) is 0 Å². The first-order valence-electron chi connectivity index (χ1n) is 5.57. The van der Waals surface area contributed by atoms with Gasteiger partial charge in [-0.05, 0) is 47.0 Å². The lowest BCUT2D eigenvalue weighted by atomic mass is 10.0. The molecule has 0 N–H and O–H groups in total. The Labute approximate surface area is 136 Å². The average Bonchev–Trinajstić information content (AvgIpc) is 2.39. The van der Waals surface area contributed by atoms with E-state index >= 15 is 0 Å². The molecule has 0 saturated heterocycles. The molecule has 4 heteroatoms. The summed E-state index contributed by atoms with van der Waals surface area (Å²) in [5.41, 5.74) is 3.17. The van der Waals surface area contributed by atoms with Crippen molar-refractivity contribution < 1.29 is 0 Å². The molecule has 0 aliphatic carbocycles. The Morgan fingerprint density at radius 2 is 1.58 bits per heavy atom. The van der Waals surface area contributed by atoms with Crippen molar-refractivity contribution in [2.75, 3.05) is 5.33 Å². The third-order valence-corrected chi connectivity index (χ3v) is 4.07. The quantitative estimate of drug-likeness (QED) is 0.419. The molecular formula is C15H10BrCl3. The zero-order valence-electron chi connectivity index (χ0n) is 9.84. The number of hydrogen-bond acceptors (Lipinski definition) is 0. The van der Waals surface area contributed by atoms with Crippen molar-refractivity contribution in [1.29, 1.82) is 0 Å². The van der Waals surface area contributed by atoms with E-state index in [1.165, 1.54) is 0 Å². The van der Waals surface area contributed by atoms with Gasteiger partial charge in [0.15, 0.2) is 0 Å². The van der Waals surface area contributed by atoms with Gasteiger partial charge in [-0.15, -0.1) is 0 Å². The Balaban J connectivity index is 2.40. The first-order valence-corrected chi connectivity index (χ1v) is 7.83. The molecule has 0 bridgehead atoms. The van der Waals surface area contributed by atoms with Crippen LogP contribution in [0, 0.1) is 0 Å². The summed E-state index contributed by atoms with van der Waals surface area (Å²) in [5.74, 6) is 0. The van der Waals surface area contributed by atoms with E-state index in [1.54, 1.807) is 6.07 Å². The fourth-order valence-corrected chi connectivity index (χ4v) is 2.74. The Morgan fingerprint density at radius 1 is 0.947 bits per heavy atom. The second kappa shape index (κ2) is 6.81. The summed E-state index contributed by atoms with van der Waals surface area (Å²) in [4.78, 5) is 0. The molecule has 0 radical (unpaired) electrons. The molecular weight excluding hydrogens is 366 g/mol. The molecule has 0 spiro atoms. The van der Waals surface area contributed by atoms with Gasteiger partial charge in [0.2, 0.25) is 0 Å². The summed E-state index contributed by atoms with van der Waals surface area (Å²) < 4.78 is 0. The maximum Gasteiger partial charge on any atom is 0.0493 e. The number of rotatable bonds is 3. The van der Waals surface area contributed by atoms with E-state index < -0.39 is 0 Å². The number of alkyl halides is 1. The van der Waals surface area contributed by atoms with Crippen LogP contribution in [0.4, 0.5) is 0 Å². The molecule has 98 valence electrons. The Bertz CT molecular complexity index is 603. The van der Waals surface area contributed by atoms with Crippen LogP contribution in [-0.2, 0) is 0 Å². The summed E-state index contributed by atoms with van der Waals surface area (Å²) in [7, 11) is 0.